The van der Waals surface area contributed by atoms with E-state index in [4.69, 9.17) is 0 Å². The first-order valence-corrected chi connectivity index (χ1v) is 9.63. The highest BCUT2D eigenvalue weighted by Gasteiger charge is 2.46. The third kappa shape index (κ3) is 2.94. The van der Waals surface area contributed by atoms with E-state index in [1.54, 1.807) is 0 Å². The molecule has 1 amide bonds. The van der Waals surface area contributed by atoms with Gasteiger partial charge in [0.2, 0.25) is 5.91 Å². The van der Waals surface area contributed by atoms with E-state index in [-0.39, 0.29) is 11.8 Å². The number of hydrogen-bond acceptors (Lipinski definition) is 3. The summed E-state index contributed by atoms with van der Waals surface area (Å²) in [6, 6.07) is 11.4. The summed E-state index contributed by atoms with van der Waals surface area (Å²) in [6.07, 6.45) is 3.23. The number of hydrogen-bond donors (Lipinski definition) is 1. The molecule has 0 unspecified atom stereocenters. The van der Waals surface area contributed by atoms with Crippen LogP contribution in [-0.4, -0.2) is 32.9 Å². The van der Waals surface area contributed by atoms with Gasteiger partial charge < -0.3 is 9.88 Å². The third-order valence-electron chi connectivity index (χ3n) is 6.34. The summed E-state index contributed by atoms with van der Waals surface area (Å²) in [5.74, 6) is 1.18. The average molecular weight is 352 g/mol. The van der Waals surface area contributed by atoms with Crippen molar-refractivity contribution in [2.75, 3.05) is 6.54 Å². The van der Waals surface area contributed by atoms with Gasteiger partial charge in [-0.25, -0.2) is 4.98 Å². The lowest BCUT2D eigenvalue weighted by Crippen LogP contribution is -2.37. The Morgan fingerprint density at radius 3 is 2.73 bits per heavy atom. The molecule has 0 bridgehead atoms. The van der Waals surface area contributed by atoms with Crippen molar-refractivity contribution in [1.29, 1.82) is 0 Å². The van der Waals surface area contributed by atoms with Gasteiger partial charge >= 0.3 is 0 Å². The number of carbonyl (C=O) groups excluding carboxylic acids is 1. The predicted octanol–water partition coefficient (Wildman–Crippen LogP) is 2.88. The number of carbonyl (C=O) groups is 1. The molecule has 5 nitrogen and oxygen atoms in total. The summed E-state index contributed by atoms with van der Waals surface area (Å²) < 4.78 is 2.07. The van der Waals surface area contributed by atoms with Crippen molar-refractivity contribution in [1.82, 2.24) is 19.8 Å². The molecule has 0 saturated carbocycles. The zero-order chi connectivity index (χ0) is 18.3. The minimum atomic E-state index is 0.0742. The molecule has 5 heteroatoms. The molecule has 2 aliphatic heterocycles. The van der Waals surface area contributed by atoms with E-state index < -0.39 is 0 Å². The van der Waals surface area contributed by atoms with Gasteiger partial charge in [-0.3, -0.25) is 9.69 Å². The van der Waals surface area contributed by atoms with Crippen LogP contribution in [0.4, 0.5) is 0 Å². The molecule has 1 aromatic heterocycles. The summed E-state index contributed by atoms with van der Waals surface area (Å²) in [5, 5.41) is 3.16. The number of rotatable bonds is 4. The van der Waals surface area contributed by atoms with Crippen LogP contribution in [-0.2, 0) is 18.4 Å². The molecule has 0 aliphatic carbocycles. The largest absolute Gasteiger partial charge is 0.349 e. The van der Waals surface area contributed by atoms with Gasteiger partial charge in [0.25, 0.3) is 0 Å². The molecule has 3 atom stereocenters. The maximum Gasteiger partial charge on any atom is 0.225 e. The second kappa shape index (κ2) is 6.88. The Morgan fingerprint density at radius 1 is 1.27 bits per heavy atom. The first kappa shape index (κ1) is 17.3. The summed E-state index contributed by atoms with van der Waals surface area (Å²) in [6.45, 7) is 5.68. The van der Waals surface area contributed by atoms with E-state index in [1.165, 1.54) is 12.0 Å². The maximum atomic E-state index is 13.0. The summed E-state index contributed by atoms with van der Waals surface area (Å²) in [4.78, 5) is 20.1. The minimum Gasteiger partial charge on any atom is -0.349 e. The molecule has 2 aromatic rings. The number of fused-ring (bicyclic) bond motifs is 1. The predicted molar refractivity (Wildman–Crippen MR) is 102 cm³/mol. The zero-order valence-corrected chi connectivity index (χ0v) is 15.9. The van der Waals surface area contributed by atoms with Crippen LogP contribution >= 0.6 is 0 Å². The Kier molecular flexibility index (Phi) is 4.57. The maximum absolute atomic E-state index is 13.0. The van der Waals surface area contributed by atoms with Gasteiger partial charge in [0.05, 0.1) is 18.2 Å². The van der Waals surface area contributed by atoms with Crippen LogP contribution in [0.2, 0.25) is 0 Å². The second-order valence-corrected chi connectivity index (χ2v) is 7.69. The van der Waals surface area contributed by atoms with E-state index >= 15 is 0 Å². The Labute approximate surface area is 155 Å². The summed E-state index contributed by atoms with van der Waals surface area (Å²) in [7, 11) is 2.01. The number of aromatic nitrogens is 2. The lowest BCUT2D eigenvalue weighted by atomic mass is 9.93. The number of aryl methyl sites for hydroxylation is 1. The number of nitrogens with one attached hydrogen (secondary N) is 1. The molecule has 138 valence electrons. The van der Waals surface area contributed by atoms with Crippen LogP contribution in [0, 0.1) is 19.8 Å². The number of benzene rings is 1. The standard InChI is InChI=1S/C21H28N4O/c1-14-15(2)24(3)20(23-14)13-22-21(26)17-12-19(16-8-5-4-6-9-16)25-11-7-10-18(17)25/h4-6,8-9,17-19H,7,10-13H2,1-3H3,(H,22,26)/t17-,18+,19-/m1/s1. The van der Waals surface area contributed by atoms with Gasteiger partial charge in [0.15, 0.2) is 0 Å². The molecule has 26 heavy (non-hydrogen) atoms. The van der Waals surface area contributed by atoms with Crippen LogP contribution in [0.25, 0.3) is 0 Å². The molecule has 2 fully saturated rings. The topological polar surface area (TPSA) is 50.2 Å². The van der Waals surface area contributed by atoms with E-state index in [1.807, 2.05) is 14.0 Å². The molecular weight excluding hydrogens is 324 g/mol. The van der Waals surface area contributed by atoms with Crippen molar-refractivity contribution in [2.45, 2.75) is 51.7 Å². The van der Waals surface area contributed by atoms with E-state index in [0.29, 0.717) is 18.6 Å². The van der Waals surface area contributed by atoms with Crippen molar-refractivity contribution >= 4 is 5.91 Å². The van der Waals surface area contributed by atoms with Crippen molar-refractivity contribution in [3.05, 3.63) is 53.1 Å². The molecule has 0 radical (unpaired) electrons. The van der Waals surface area contributed by atoms with E-state index in [0.717, 1.165) is 36.6 Å². The van der Waals surface area contributed by atoms with E-state index in [2.05, 4.69) is 57.0 Å². The fourth-order valence-corrected chi connectivity index (χ4v) is 4.69. The number of imidazole rings is 1. The van der Waals surface area contributed by atoms with Gasteiger partial charge in [-0.1, -0.05) is 30.3 Å². The number of amides is 1. The molecule has 1 N–H and O–H groups in total. The first-order valence-electron chi connectivity index (χ1n) is 9.63. The lowest BCUT2D eigenvalue weighted by molar-refractivity contribution is -0.125. The first-order chi connectivity index (χ1) is 12.6. The molecule has 2 aliphatic rings. The van der Waals surface area contributed by atoms with Crippen LogP contribution in [0.5, 0.6) is 0 Å². The fraction of sp³-hybridized carbons (Fsp3) is 0.524. The normalized spacial score (nSPS) is 25.4. The van der Waals surface area contributed by atoms with Gasteiger partial charge in [0.1, 0.15) is 5.82 Å². The van der Waals surface area contributed by atoms with Crippen LogP contribution in [0.1, 0.15) is 48.1 Å². The second-order valence-electron chi connectivity index (χ2n) is 7.69. The highest BCUT2D eigenvalue weighted by Crippen LogP contribution is 2.44. The van der Waals surface area contributed by atoms with Crippen molar-refractivity contribution in [2.24, 2.45) is 13.0 Å². The zero-order valence-electron chi connectivity index (χ0n) is 15.9. The Bertz CT molecular complexity index is 798. The highest BCUT2D eigenvalue weighted by atomic mass is 16.2. The van der Waals surface area contributed by atoms with Gasteiger partial charge in [-0.05, 0) is 45.2 Å². The smallest absolute Gasteiger partial charge is 0.225 e. The molecular formula is C21H28N4O. The molecule has 4 rings (SSSR count). The van der Waals surface area contributed by atoms with Crippen molar-refractivity contribution in [3.8, 4) is 0 Å². The van der Waals surface area contributed by atoms with Gasteiger partial charge in [-0.15, -0.1) is 0 Å². The lowest BCUT2D eigenvalue weighted by Gasteiger charge is -2.24. The van der Waals surface area contributed by atoms with Crippen molar-refractivity contribution < 1.29 is 4.79 Å². The molecule has 0 spiro atoms. The van der Waals surface area contributed by atoms with Gasteiger partial charge in [-0.2, -0.15) is 0 Å². The van der Waals surface area contributed by atoms with Crippen molar-refractivity contribution in [3.63, 3.8) is 0 Å². The SMILES string of the molecule is Cc1nc(CNC(=O)[C@@H]2C[C@H](c3ccccc3)N3CCC[C@@H]23)n(C)c1C. The summed E-state index contributed by atoms with van der Waals surface area (Å²) in [5.41, 5.74) is 3.52. The monoisotopic (exact) mass is 352 g/mol. The quantitative estimate of drug-likeness (QED) is 0.920. The third-order valence-corrected chi connectivity index (χ3v) is 6.34. The Hall–Kier alpha value is -2.14. The average Bonchev–Trinajstić information content (AvgIpc) is 3.32. The molecule has 3 heterocycles. The van der Waals surface area contributed by atoms with Crippen LogP contribution < -0.4 is 5.32 Å². The molecule has 1 aromatic carbocycles. The minimum absolute atomic E-state index is 0.0742. The fourth-order valence-electron chi connectivity index (χ4n) is 4.69. The van der Waals surface area contributed by atoms with Crippen LogP contribution in [0.3, 0.4) is 0 Å². The Morgan fingerprint density at radius 2 is 2.04 bits per heavy atom. The van der Waals surface area contributed by atoms with Crippen LogP contribution in [0.15, 0.2) is 30.3 Å². The number of nitrogens with zero attached hydrogens (tertiary/aromatic N) is 3. The molecule has 2 saturated heterocycles. The summed E-state index contributed by atoms with van der Waals surface area (Å²) >= 11 is 0. The highest BCUT2D eigenvalue weighted by molar-refractivity contribution is 5.80. The van der Waals surface area contributed by atoms with Gasteiger partial charge in [0, 0.05) is 24.8 Å². The Balaban J connectivity index is 1.46. The van der Waals surface area contributed by atoms with E-state index in [9.17, 15) is 4.79 Å².